The van der Waals surface area contributed by atoms with Crippen LogP contribution in [0.15, 0.2) is 12.3 Å². The van der Waals surface area contributed by atoms with E-state index in [1.807, 2.05) is 27.7 Å². The van der Waals surface area contributed by atoms with Crippen molar-refractivity contribution in [2.45, 2.75) is 57.8 Å². The Balaban J connectivity index is 2.02. The molecule has 0 unspecified atom stereocenters. The van der Waals surface area contributed by atoms with E-state index >= 15 is 0 Å². The van der Waals surface area contributed by atoms with Gasteiger partial charge in [0.25, 0.3) is 0 Å². The van der Waals surface area contributed by atoms with Crippen molar-refractivity contribution >= 4 is 18.6 Å². The van der Waals surface area contributed by atoms with Crippen LogP contribution in [-0.2, 0) is 9.31 Å². The number of carbonyl (C=O) groups is 1. The molecular weight excluding hydrogens is 285 g/mol. The van der Waals surface area contributed by atoms with E-state index in [4.69, 9.17) is 14.0 Å². The Labute approximate surface area is 129 Å². The number of carboxylic acids is 1. The monoisotopic (exact) mass is 305 g/mol. The number of aromatic carboxylic acids is 1. The van der Waals surface area contributed by atoms with E-state index in [0.29, 0.717) is 11.2 Å². The largest absolute Gasteiger partial charge is 0.501 e. The van der Waals surface area contributed by atoms with Gasteiger partial charge in [0.1, 0.15) is 5.75 Å². The number of nitrogens with zero attached hydrogens (tertiary/aromatic N) is 1. The van der Waals surface area contributed by atoms with Crippen molar-refractivity contribution in [1.29, 1.82) is 0 Å². The van der Waals surface area contributed by atoms with E-state index < -0.39 is 24.3 Å². The molecular formula is C15H20BNO5. The van der Waals surface area contributed by atoms with Gasteiger partial charge >= 0.3 is 13.1 Å². The van der Waals surface area contributed by atoms with Crippen LogP contribution in [0.25, 0.3) is 0 Å². The molecule has 0 bridgehead atoms. The minimum Gasteiger partial charge on any atom is -0.491 e. The smallest absolute Gasteiger partial charge is 0.491 e. The number of rotatable bonds is 4. The summed E-state index contributed by atoms with van der Waals surface area (Å²) in [5.74, 6) is -0.639. The van der Waals surface area contributed by atoms with Crippen LogP contribution in [0.4, 0.5) is 0 Å². The van der Waals surface area contributed by atoms with Crippen molar-refractivity contribution < 1.29 is 23.9 Å². The Morgan fingerprint density at radius 2 is 1.91 bits per heavy atom. The topological polar surface area (TPSA) is 77.9 Å². The molecule has 0 spiro atoms. The van der Waals surface area contributed by atoms with Crippen molar-refractivity contribution in [1.82, 2.24) is 4.98 Å². The number of hydrogen-bond donors (Lipinski definition) is 1. The lowest BCUT2D eigenvalue weighted by Crippen LogP contribution is -2.41. The SMILES string of the molecule is CC1(C)OB(c2c(OC3CC3)ccnc2C(=O)O)OC1(C)C. The normalized spacial score (nSPS) is 22.6. The Kier molecular flexibility index (Phi) is 3.45. The Morgan fingerprint density at radius 3 is 2.41 bits per heavy atom. The minimum atomic E-state index is -1.12. The highest BCUT2D eigenvalue weighted by atomic mass is 16.7. The predicted octanol–water partition coefficient (Wildman–Crippen LogP) is 1.62. The molecule has 2 heterocycles. The van der Waals surface area contributed by atoms with E-state index in [1.165, 1.54) is 6.20 Å². The zero-order valence-corrected chi connectivity index (χ0v) is 13.3. The molecule has 1 N–H and O–H groups in total. The van der Waals surface area contributed by atoms with Gasteiger partial charge in [-0.1, -0.05) is 0 Å². The highest BCUT2D eigenvalue weighted by Crippen LogP contribution is 2.38. The van der Waals surface area contributed by atoms with Crippen LogP contribution in [0.5, 0.6) is 5.75 Å². The van der Waals surface area contributed by atoms with Crippen LogP contribution in [0.1, 0.15) is 51.0 Å². The van der Waals surface area contributed by atoms with Gasteiger partial charge in [-0.25, -0.2) is 9.78 Å². The summed E-state index contributed by atoms with van der Waals surface area (Å²) in [4.78, 5) is 15.5. The first-order valence-electron chi connectivity index (χ1n) is 7.46. The van der Waals surface area contributed by atoms with Gasteiger partial charge in [-0.3, -0.25) is 0 Å². The van der Waals surface area contributed by atoms with Gasteiger partial charge in [0, 0.05) is 6.20 Å². The molecule has 0 aromatic carbocycles. The second kappa shape index (κ2) is 4.96. The van der Waals surface area contributed by atoms with Gasteiger partial charge in [-0.2, -0.15) is 0 Å². The standard InChI is InChI=1S/C15H20BNO5/c1-14(2)15(3,4)22-16(21-14)11-10(20-9-5-6-9)7-8-17-12(11)13(18)19/h7-9H,5-6H2,1-4H3,(H,18,19). The fourth-order valence-electron chi connectivity index (χ4n) is 2.28. The second-order valence-corrected chi connectivity index (χ2v) is 6.78. The summed E-state index contributed by atoms with van der Waals surface area (Å²) < 4.78 is 17.8. The molecule has 3 rings (SSSR count). The Hall–Kier alpha value is -1.60. The van der Waals surface area contributed by atoms with E-state index in [-0.39, 0.29) is 11.8 Å². The molecule has 0 radical (unpaired) electrons. The zero-order valence-electron chi connectivity index (χ0n) is 13.3. The molecule has 0 amide bonds. The lowest BCUT2D eigenvalue weighted by molar-refractivity contribution is 0.00578. The predicted molar refractivity (Wildman–Crippen MR) is 80.6 cm³/mol. The molecule has 0 atom stereocenters. The van der Waals surface area contributed by atoms with Crippen molar-refractivity contribution in [2.75, 3.05) is 0 Å². The van der Waals surface area contributed by atoms with Crippen LogP contribution < -0.4 is 10.2 Å². The van der Waals surface area contributed by atoms with Crippen molar-refractivity contribution in [3.8, 4) is 5.75 Å². The third-order valence-electron chi connectivity index (χ3n) is 4.46. The fraction of sp³-hybridized carbons (Fsp3) is 0.600. The molecule has 2 fully saturated rings. The summed E-state index contributed by atoms with van der Waals surface area (Å²) in [5.41, 5.74) is -0.836. The van der Waals surface area contributed by atoms with Crippen LogP contribution in [0.3, 0.4) is 0 Å². The highest BCUT2D eigenvalue weighted by Gasteiger charge is 2.54. The summed E-state index contributed by atoms with van der Waals surface area (Å²) >= 11 is 0. The van der Waals surface area contributed by atoms with Gasteiger partial charge < -0.3 is 19.2 Å². The maximum absolute atomic E-state index is 11.5. The molecule has 1 aromatic rings. The number of aromatic nitrogens is 1. The van der Waals surface area contributed by atoms with Crippen molar-refractivity contribution in [3.05, 3.63) is 18.0 Å². The Morgan fingerprint density at radius 1 is 1.32 bits per heavy atom. The third-order valence-corrected chi connectivity index (χ3v) is 4.46. The molecule has 1 aromatic heterocycles. The molecule has 6 nitrogen and oxygen atoms in total. The van der Waals surface area contributed by atoms with Crippen molar-refractivity contribution in [3.63, 3.8) is 0 Å². The van der Waals surface area contributed by atoms with E-state index in [9.17, 15) is 9.90 Å². The summed E-state index contributed by atoms with van der Waals surface area (Å²) in [7, 11) is -0.807. The quantitative estimate of drug-likeness (QED) is 0.852. The highest BCUT2D eigenvalue weighted by molar-refractivity contribution is 6.64. The third kappa shape index (κ3) is 2.59. The van der Waals surface area contributed by atoms with Gasteiger partial charge in [0.2, 0.25) is 0 Å². The van der Waals surface area contributed by atoms with Gasteiger partial charge in [0.15, 0.2) is 5.69 Å². The fourth-order valence-corrected chi connectivity index (χ4v) is 2.28. The summed E-state index contributed by atoms with van der Waals surface area (Å²) in [6.07, 6.45) is 3.54. The van der Waals surface area contributed by atoms with E-state index in [2.05, 4.69) is 4.98 Å². The average molecular weight is 305 g/mol. The van der Waals surface area contributed by atoms with Crippen LogP contribution in [0, 0.1) is 0 Å². The summed E-state index contributed by atoms with van der Waals surface area (Å²) in [5, 5.41) is 9.43. The zero-order chi connectivity index (χ0) is 16.1. The van der Waals surface area contributed by atoms with Gasteiger partial charge in [-0.15, -0.1) is 0 Å². The number of carboxylic acid groups (broad SMARTS) is 1. The number of ether oxygens (including phenoxy) is 1. The van der Waals surface area contributed by atoms with E-state index in [1.54, 1.807) is 6.07 Å². The van der Waals surface area contributed by atoms with Gasteiger partial charge in [0.05, 0.1) is 22.8 Å². The van der Waals surface area contributed by atoms with Crippen LogP contribution >= 0.6 is 0 Å². The molecule has 1 saturated carbocycles. The van der Waals surface area contributed by atoms with Crippen LogP contribution in [-0.4, -0.2) is 40.5 Å². The maximum atomic E-state index is 11.5. The maximum Gasteiger partial charge on any atom is 0.501 e. The molecule has 22 heavy (non-hydrogen) atoms. The molecule has 7 heteroatoms. The first-order valence-corrected chi connectivity index (χ1v) is 7.46. The molecule has 1 saturated heterocycles. The summed E-state index contributed by atoms with van der Waals surface area (Å²) in [6.45, 7) is 7.69. The lowest BCUT2D eigenvalue weighted by atomic mass is 9.77. The first kappa shape index (κ1) is 15.3. The summed E-state index contributed by atoms with van der Waals surface area (Å²) in [6, 6.07) is 1.67. The Bertz CT molecular complexity index is 596. The molecule has 1 aliphatic carbocycles. The molecule has 118 valence electrons. The minimum absolute atomic E-state index is 0.0864. The number of pyridine rings is 1. The van der Waals surface area contributed by atoms with Crippen molar-refractivity contribution in [2.24, 2.45) is 0 Å². The second-order valence-electron chi connectivity index (χ2n) is 6.78. The number of hydrogen-bond acceptors (Lipinski definition) is 5. The van der Waals surface area contributed by atoms with Gasteiger partial charge in [-0.05, 0) is 46.6 Å². The first-order chi connectivity index (χ1) is 10.2. The van der Waals surface area contributed by atoms with E-state index in [0.717, 1.165) is 12.8 Å². The molecule has 1 aliphatic heterocycles. The average Bonchev–Trinajstić information content (AvgIpc) is 3.17. The van der Waals surface area contributed by atoms with Crippen LogP contribution in [0.2, 0.25) is 0 Å². The lowest BCUT2D eigenvalue weighted by Gasteiger charge is -2.32. The molecule has 2 aliphatic rings.